The van der Waals surface area contributed by atoms with Crippen LogP contribution in [-0.2, 0) is 0 Å². The lowest BCUT2D eigenvalue weighted by Gasteiger charge is -2.11. The van der Waals surface area contributed by atoms with Crippen LogP contribution < -0.4 is 0 Å². The van der Waals surface area contributed by atoms with Crippen molar-refractivity contribution >= 4 is 65.5 Å². The molecule has 210 valence electrons. The number of benzene rings is 6. The van der Waals surface area contributed by atoms with Crippen LogP contribution in [0.2, 0.25) is 0 Å². The fraction of sp³-hybridized carbons (Fsp3) is 0. The lowest BCUT2D eigenvalue weighted by molar-refractivity contribution is 1.16. The number of fused-ring (bicyclic) bond motifs is 10. The van der Waals surface area contributed by atoms with Gasteiger partial charge in [0.2, 0.25) is 0 Å². The number of nitrogens with zero attached hydrogens (tertiary/aromatic N) is 4. The second-order valence-corrected chi connectivity index (χ2v) is 11.6. The first-order chi connectivity index (χ1) is 22.4. The quantitative estimate of drug-likeness (QED) is 0.206. The normalized spacial score (nSPS) is 12.0. The summed E-state index contributed by atoms with van der Waals surface area (Å²) < 4.78 is 7.18. The van der Waals surface area contributed by atoms with Crippen LogP contribution in [0.15, 0.2) is 158 Å². The average Bonchev–Trinajstić information content (AvgIpc) is 3.74. The molecule has 0 atom stereocenters. The van der Waals surface area contributed by atoms with Crippen molar-refractivity contribution in [3.63, 3.8) is 0 Å². The highest BCUT2D eigenvalue weighted by Crippen LogP contribution is 2.42. The fourth-order valence-corrected chi connectivity index (χ4v) is 7.45. The van der Waals surface area contributed by atoms with Crippen molar-refractivity contribution in [3.8, 4) is 17.1 Å². The molecule has 4 heteroatoms. The standard InChI is InChI=1S/C41H26N4/c1-3-12-27(13-4-1)43-35-19-10-8-17-32(35)39-37(43)24-22-31-30-16-7-9-18-34(30)45(41(31)39)29-21-23-36-33(26-29)40-38(20-11-25-42-40)44(36)28-14-5-2-6-15-28/h1-26H. The van der Waals surface area contributed by atoms with E-state index in [0.717, 1.165) is 39.0 Å². The Hall–Kier alpha value is -6.13. The third-order valence-corrected chi connectivity index (χ3v) is 9.26. The van der Waals surface area contributed by atoms with E-state index < -0.39 is 0 Å². The smallest absolute Gasteiger partial charge is 0.0964 e. The van der Waals surface area contributed by atoms with E-state index in [1.165, 1.54) is 43.6 Å². The van der Waals surface area contributed by atoms with Crippen LogP contribution >= 0.6 is 0 Å². The molecule has 0 aliphatic carbocycles. The van der Waals surface area contributed by atoms with E-state index in [4.69, 9.17) is 4.98 Å². The predicted octanol–water partition coefficient (Wildman–Crippen LogP) is 10.4. The third-order valence-electron chi connectivity index (χ3n) is 9.26. The predicted molar refractivity (Wildman–Crippen MR) is 187 cm³/mol. The van der Waals surface area contributed by atoms with Crippen LogP contribution in [-0.4, -0.2) is 18.7 Å². The highest BCUT2D eigenvalue weighted by Gasteiger charge is 2.21. The molecule has 0 saturated carbocycles. The molecule has 0 aliphatic rings. The molecule has 6 aromatic carbocycles. The summed E-state index contributed by atoms with van der Waals surface area (Å²) in [5, 5.41) is 6.13. The van der Waals surface area contributed by atoms with Gasteiger partial charge >= 0.3 is 0 Å². The molecule has 45 heavy (non-hydrogen) atoms. The van der Waals surface area contributed by atoms with Gasteiger partial charge in [-0.2, -0.15) is 0 Å². The first kappa shape index (κ1) is 24.3. The topological polar surface area (TPSA) is 27.7 Å². The Balaban J connectivity index is 1.36. The summed E-state index contributed by atoms with van der Waals surface area (Å²) in [6, 6.07) is 54.4. The summed E-state index contributed by atoms with van der Waals surface area (Å²) in [4.78, 5) is 4.90. The SMILES string of the molecule is c1ccc(-n2c3ccc(-n4c5ccccc5c5ccc6c(c7ccccc7n6-c6ccccc6)c54)cc3c3ncccc32)cc1. The van der Waals surface area contributed by atoms with Gasteiger partial charge in [0.15, 0.2) is 0 Å². The zero-order valence-electron chi connectivity index (χ0n) is 24.3. The van der Waals surface area contributed by atoms with Gasteiger partial charge in [0.1, 0.15) is 0 Å². The molecule has 4 aromatic heterocycles. The molecule has 10 aromatic rings. The highest BCUT2D eigenvalue weighted by atomic mass is 15.0. The minimum Gasteiger partial charge on any atom is -0.309 e. The molecular weight excluding hydrogens is 548 g/mol. The highest BCUT2D eigenvalue weighted by molar-refractivity contribution is 6.26. The van der Waals surface area contributed by atoms with E-state index in [2.05, 4.69) is 159 Å². The van der Waals surface area contributed by atoms with E-state index in [1.54, 1.807) is 0 Å². The molecule has 0 radical (unpaired) electrons. The van der Waals surface area contributed by atoms with E-state index in [9.17, 15) is 0 Å². The molecular formula is C41H26N4. The van der Waals surface area contributed by atoms with E-state index >= 15 is 0 Å². The van der Waals surface area contributed by atoms with Gasteiger partial charge in [-0.15, -0.1) is 0 Å². The summed E-state index contributed by atoms with van der Waals surface area (Å²) in [5.41, 5.74) is 11.5. The molecule has 4 heterocycles. The lowest BCUT2D eigenvalue weighted by Crippen LogP contribution is -1.96. The molecule has 0 N–H and O–H groups in total. The maximum absolute atomic E-state index is 4.90. The maximum atomic E-state index is 4.90. The number of rotatable bonds is 3. The molecule has 0 fully saturated rings. The Morgan fingerprint density at radius 1 is 0.356 bits per heavy atom. The summed E-state index contributed by atoms with van der Waals surface area (Å²) in [7, 11) is 0. The Morgan fingerprint density at radius 2 is 0.933 bits per heavy atom. The molecule has 0 spiro atoms. The molecule has 4 nitrogen and oxygen atoms in total. The van der Waals surface area contributed by atoms with Gasteiger partial charge in [0, 0.05) is 50.2 Å². The first-order valence-corrected chi connectivity index (χ1v) is 15.3. The van der Waals surface area contributed by atoms with E-state index in [-0.39, 0.29) is 0 Å². The summed E-state index contributed by atoms with van der Waals surface area (Å²) in [6.07, 6.45) is 1.90. The zero-order chi connectivity index (χ0) is 29.5. The van der Waals surface area contributed by atoms with Crippen molar-refractivity contribution < 1.29 is 0 Å². The number of para-hydroxylation sites is 4. The first-order valence-electron chi connectivity index (χ1n) is 15.3. The van der Waals surface area contributed by atoms with Crippen molar-refractivity contribution in [1.29, 1.82) is 0 Å². The van der Waals surface area contributed by atoms with Gasteiger partial charge in [-0.1, -0.05) is 78.9 Å². The molecule has 0 unspecified atom stereocenters. The second-order valence-electron chi connectivity index (χ2n) is 11.6. The molecule has 0 saturated heterocycles. The Labute approximate surface area is 258 Å². The largest absolute Gasteiger partial charge is 0.309 e. The molecule has 0 aliphatic heterocycles. The van der Waals surface area contributed by atoms with Crippen LogP contribution in [0.3, 0.4) is 0 Å². The molecule has 10 rings (SSSR count). The second kappa shape index (κ2) is 9.18. The van der Waals surface area contributed by atoms with E-state index in [0.29, 0.717) is 0 Å². The van der Waals surface area contributed by atoms with Crippen LogP contribution in [0, 0.1) is 0 Å². The summed E-state index contributed by atoms with van der Waals surface area (Å²) in [6.45, 7) is 0. The van der Waals surface area contributed by atoms with Crippen molar-refractivity contribution in [2.24, 2.45) is 0 Å². The van der Waals surface area contributed by atoms with Gasteiger partial charge in [-0.25, -0.2) is 0 Å². The van der Waals surface area contributed by atoms with Crippen LogP contribution in [0.5, 0.6) is 0 Å². The van der Waals surface area contributed by atoms with Crippen LogP contribution in [0.1, 0.15) is 0 Å². The van der Waals surface area contributed by atoms with Gasteiger partial charge in [0.25, 0.3) is 0 Å². The number of hydrogen-bond acceptors (Lipinski definition) is 1. The maximum Gasteiger partial charge on any atom is 0.0964 e. The van der Waals surface area contributed by atoms with Gasteiger partial charge in [0.05, 0.1) is 38.6 Å². The van der Waals surface area contributed by atoms with Crippen molar-refractivity contribution in [3.05, 3.63) is 158 Å². The number of aromatic nitrogens is 4. The van der Waals surface area contributed by atoms with Gasteiger partial charge < -0.3 is 13.7 Å². The van der Waals surface area contributed by atoms with Crippen LogP contribution in [0.25, 0.3) is 82.6 Å². The van der Waals surface area contributed by atoms with Crippen molar-refractivity contribution in [2.75, 3.05) is 0 Å². The number of hydrogen-bond donors (Lipinski definition) is 0. The molecule has 0 bridgehead atoms. The molecule has 0 amide bonds. The summed E-state index contributed by atoms with van der Waals surface area (Å²) >= 11 is 0. The third kappa shape index (κ3) is 3.34. The number of pyridine rings is 1. The fourth-order valence-electron chi connectivity index (χ4n) is 7.45. The Morgan fingerprint density at radius 3 is 1.69 bits per heavy atom. The van der Waals surface area contributed by atoms with Crippen molar-refractivity contribution in [1.82, 2.24) is 18.7 Å². The van der Waals surface area contributed by atoms with Crippen molar-refractivity contribution in [2.45, 2.75) is 0 Å². The minimum absolute atomic E-state index is 1.00. The lowest BCUT2D eigenvalue weighted by atomic mass is 10.1. The monoisotopic (exact) mass is 574 g/mol. The van der Waals surface area contributed by atoms with Gasteiger partial charge in [-0.05, 0) is 72.8 Å². The average molecular weight is 575 g/mol. The van der Waals surface area contributed by atoms with Gasteiger partial charge in [-0.3, -0.25) is 4.98 Å². The summed E-state index contributed by atoms with van der Waals surface area (Å²) in [5.74, 6) is 0. The van der Waals surface area contributed by atoms with Crippen LogP contribution in [0.4, 0.5) is 0 Å². The zero-order valence-corrected chi connectivity index (χ0v) is 24.3. The van der Waals surface area contributed by atoms with E-state index in [1.807, 2.05) is 12.3 Å². The Bertz CT molecular complexity index is 2750. The Kier molecular flexibility index (Phi) is 4.96. The minimum atomic E-state index is 1.00.